The zero-order valence-corrected chi connectivity index (χ0v) is 7.34. The van der Waals surface area contributed by atoms with Gasteiger partial charge in [0.25, 0.3) is 0 Å². The Balaban J connectivity index is 2.19. The lowest BCUT2D eigenvalue weighted by Crippen LogP contribution is -2.44. The van der Waals surface area contributed by atoms with Crippen molar-refractivity contribution in [3.05, 3.63) is 12.2 Å². The molecule has 2 heterocycles. The van der Waals surface area contributed by atoms with Crippen molar-refractivity contribution >= 4 is 0 Å². The molecule has 1 atom stereocenters. The molecule has 2 aliphatic rings. The second kappa shape index (κ2) is 2.63. The van der Waals surface area contributed by atoms with Crippen LogP contribution >= 0.6 is 0 Å². The Bertz CT molecular complexity index is 174. The van der Waals surface area contributed by atoms with Gasteiger partial charge in [-0.3, -0.25) is 4.90 Å². The Morgan fingerprint density at radius 1 is 1.45 bits per heavy atom. The summed E-state index contributed by atoms with van der Waals surface area (Å²) in [6, 6.07) is 0. The molecule has 11 heavy (non-hydrogen) atoms. The maximum Gasteiger partial charge on any atom is 0.0245 e. The van der Waals surface area contributed by atoms with E-state index >= 15 is 0 Å². The third-order valence-corrected chi connectivity index (χ3v) is 3.39. The van der Waals surface area contributed by atoms with Crippen LogP contribution in [0.15, 0.2) is 12.2 Å². The first-order chi connectivity index (χ1) is 5.37. The highest BCUT2D eigenvalue weighted by Crippen LogP contribution is 2.37. The topological polar surface area (TPSA) is 3.24 Å². The lowest BCUT2D eigenvalue weighted by molar-refractivity contribution is 0.141. The van der Waals surface area contributed by atoms with Crippen molar-refractivity contribution in [3.63, 3.8) is 0 Å². The van der Waals surface area contributed by atoms with E-state index in [1.54, 1.807) is 0 Å². The first-order valence-electron chi connectivity index (χ1n) is 4.77. The van der Waals surface area contributed by atoms with Crippen molar-refractivity contribution in [2.75, 3.05) is 13.1 Å². The van der Waals surface area contributed by atoms with Gasteiger partial charge in [-0.2, -0.15) is 0 Å². The Kier molecular flexibility index (Phi) is 1.76. The SMILES string of the molecule is CC[C@]12CC=CCN1CCC2. The molecule has 0 amide bonds. The van der Waals surface area contributed by atoms with E-state index in [1.807, 2.05) is 0 Å². The Morgan fingerprint density at radius 3 is 3.09 bits per heavy atom. The molecule has 0 aliphatic carbocycles. The van der Waals surface area contributed by atoms with Gasteiger partial charge < -0.3 is 0 Å². The molecule has 2 aliphatic heterocycles. The summed E-state index contributed by atoms with van der Waals surface area (Å²) in [7, 11) is 0. The Labute approximate surface area is 69.1 Å². The lowest BCUT2D eigenvalue weighted by Gasteiger charge is -2.39. The highest BCUT2D eigenvalue weighted by Gasteiger charge is 2.38. The minimum atomic E-state index is 0.578. The van der Waals surface area contributed by atoms with Gasteiger partial charge in [0.1, 0.15) is 0 Å². The Hall–Kier alpha value is -0.300. The number of nitrogens with zero attached hydrogens (tertiary/aromatic N) is 1. The number of hydrogen-bond donors (Lipinski definition) is 0. The smallest absolute Gasteiger partial charge is 0.0245 e. The second-order valence-electron chi connectivity index (χ2n) is 3.80. The fourth-order valence-electron chi connectivity index (χ4n) is 2.56. The molecule has 0 aromatic carbocycles. The average Bonchev–Trinajstić information content (AvgIpc) is 2.48. The number of fused-ring (bicyclic) bond motifs is 1. The molecule has 1 heteroatoms. The third-order valence-electron chi connectivity index (χ3n) is 3.39. The number of rotatable bonds is 1. The van der Waals surface area contributed by atoms with Crippen LogP contribution in [-0.4, -0.2) is 23.5 Å². The summed E-state index contributed by atoms with van der Waals surface area (Å²) >= 11 is 0. The van der Waals surface area contributed by atoms with Crippen molar-refractivity contribution in [2.24, 2.45) is 0 Å². The van der Waals surface area contributed by atoms with Gasteiger partial charge in [0.2, 0.25) is 0 Å². The molecule has 0 radical (unpaired) electrons. The van der Waals surface area contributed by atoms with Gasteiger partial charge in [0.15, 0.2) is 0 Å². The molecule has 0 bridgehead atoms. The summed E-state index contributed by atoms with van der Waals surface area (Å²) in [6.07, 6.45) is 10.1. The number of hydrogen-bond acceptors (Lipinski definition) is 1. The predicted molar refractivity (Wildman–Crippen MR) is 47.6 cm³/mol. The van der Waals surface area contributed by atoms with Gasteiger partial charge in [-0.25, -0.2) is 0 Å². The molecule has 2 rings (SSSR count). The summed E-state index contributed by atoms with van der Waals surface area (Å²) in [5.41, 5.74) is 0.578. The minimum Gasteiger partial charge on any atom is -0.294 e. The third kappa shape index (κ3) is 1.02. The van der Waals surface area contributed by atoms with Crippen molar-refractivity contribution in [1.82, 2.24) is 4.90 Å². The van der Waals surface area contributed by atoms with Gasteiger partial charge >= 0.3 is 0 Å². The van der Waals surface area contributed by atoms with E-state index in [1.165, 1.54) is 38.8 Å². The highest BCUT2D eigenvalue weighted by atomic mass is 15.2. The first kappa shape index (κ1) is 7.35. The van der Waals surface area contributed by atoms with E-state index < -0.39 is 0 Å². The molecular formula is C10H17N. The van der Waals surface area contributed by atoms with Gasteiger partial charge in [-0.1, -0.05) is 19.1 Å². The van der Waals surface area contributed by atoms with Crippen LogP contribution in [0.4, 0.5) is 0 Å². The second-order valence-corrected chi connectivity index (χ2v) is 3.80. The lowest BCUT2D eigenvalue weighted by atomic mass is 9.87. The fourth-order valence-corrected chi connectivity index (χ4v) is 2.56. The highest BCUT2D eigenvalue weighted by molar-refractivity contribution is 5.07. The van der Waals surface area contributed by atoms with Crippen LogP contribution in [0.25, 0.3) is 0 Å². The van der Waals surface area contributed by atoms with Gasteiger partial charge in [0, 0.05) is 12.1 Å². The van der Waals surface area contributed by atoms with Crippen molar-refractivity contribution < 1.29 is 0 Å². The van der Waals surface area contributed by atoms with E-state index in [0.717, 1.165) is 0 Å². The summed E-state index contributed by atoms with van der Waals surface area (Å²) in [4.78, 5) is 2.66. The van der Waals surface area contributed by atoms with Crippen molar-refractivity contribution in [2.45, 2.75) is 38.1 Å². The largest absolute Gasteiger partial charge is 0.294 e. The molecule has 0 N–H and O–H groups in total. The molecule has 1 nitrogen and oxygen atoms in total. The fraction of sp³-hybridized carbons (Fsp3) is 0.800. The molecule has 0 aromatic rings. The summed E-state index contributed by atoms with van der Waals surface area (Å²) in [6.45, 7) is 4.86. The molecular weight excluding hydrogens is 134 g/mol. The molecule has 0 unspecified atom stereocenters. The van der Waals surface area contributed by atoms with Crippen LogP contribution in [0, 0.1) is 0 Å². The van der Waals surface area contributed by atoms with Crippen LogP contribution in [-0.2, 0) is 0 Å². The zero-order chi connectivity index (χ0) is 7.73. The summed E-state index contributed by atoms with van der Waals surface area (Å²) in [5.74, 6) is 0. The predicted octanol–water partition coefficient (Wildman–Crippen LogP) is 2.19. The maximum absolute atomic E-state index is 2.66. The maximum atomic E-state index is 2.66. The normalized spacial score (nSPS) is 37.5. The monoisotopic (exact) mass is 151 g/mol. The van der Waals surface area contributed by atoms with Crippen LogP contribution in [0.1, 0.15) is 32.6 Å². The van der Waals surface area contributed by atoms with E-state index in [0.29, 0.717) is 5.54 Å². The Morgan fingerprint density at radius 2 is 2.36 bits per heavy atom. The summed E-state index contributed by atoms with van der Waals surface area (Å²) < 4.78 is 0. The summed E-state index contributed by atoms with van der Waals surface area (Å²) in [5, 5.41) is 0. The molecule has 62 valence electrons. The van der Waals surface area contributed by atoms with E-state index in [-0.39, 0.29) is 0 Å². The molecule has 1 fully saturated rings. The van der Waals surface area contributed by atoms with Crippen molar-refractivity contribution in [3.8, 4) is 0 Å². The van der Waals surface area contributed by atoms with Crippen LogP contribution < -0.4 is 0 Å². The van der Waals surface area contributed by atoms with Crippen LogP contribution in [0.3, 0.4) is 0 Å². The van der Waals surface area contributed by atoms with Gasteiger partial charge in [-0.05, 0) is 32.2 Å². The quantitative estimate of drug-likeness (QED) is 0.519. The van der Waals surface area contributed by atoms with Crippen molar-refractivity contribution in [1.29, 1.82) is 0 Å². The molecule has 0 spiro atoms. The van der Waals surface area contributed by atoms with Gasteiger partial charge in [-0.15, -0.1) is 0 Å². The average molecular weight is 151 g/mol. The van der Waals surface area contributed by atoms with E-state index in [4.69, 9.17) is 0 Å². The molecule has 0 aromatic heterocycles. The standard InChI is InChI=1S/C10H17N/c1-2-10-6-3-4-8-11(10)9-5-7-10/h3-4H,2,5-9H2,1H3/t10-/m1/s1. The molecule has 1 saturated heterocycles. The minimum absolute atomic E-state index is 0.578. The zero-order valence-electron chi connectivity index (χ0n) is 7.34. The molecule has 0 saturated carbocycles. The van der Waals surface area contributed by atoms with Gasteiger partial charge in [0.05, 0.1) is 0 Å². The van der Waals surface area contributed by atoms with Crippen LogP contribution in [0.2, 0.25) is 0 Å². The first-order valence-corrected chi connectivity index (χ1v) is 4.77. The van der Waals surface area contributed by atoms with Crippen LogP contribution in [0.5, 0.6) is 0 Å². The van der Waals surface area contributed by atoms with E-state index in [2.05, 4.69) is 24.0 Å². The van der Waals surface area contributed by atoms with E-state index in [9.17, 15) is 0 Å².